The topological polar surface area (TPSA) is 109 Å². The minimum absolute atomic E-state index is 0.0699. The highest BCUT2D eigenvalue weighted by atomic mass is 16.3. The number of H-pyrrole nitrogens is 1. The molecule has 0 saturated carbocycles. The van der Waals surface area contributed by atoms with Crippen molar-refractivity contribution in [3.8, 4) is 6.07 Å². The van der Waals surface area contributed by atoms with Gasteiger partial charge < -0.3 is 15.4 Å². The largest absolute Gasteiger partial charge is 0.393 e. The second-order valence-corrected chi connectivity index (χ2v) is 8.27. The first kappa shape index (κ1) is 22.7. The maximum absolute atomic E-state index is 12.3. The first-order valence-electron chi connectivity index (χ1n) is 10.7. The second kappa shape index (κ2) is 10.4. The monoisotopic (exact) mass is 422 g/mol. The Balaban J connectivity index is 1.48. The average molecular weight is 423 g/mol. The summed E-state index contributed by atoms with van der Waals surface area (Å²) in [6, 6.07) is 10.2. The number of piperidine rings is 1. The van der Waals surface area contributed by atoms with Crippen molar-refractivity contribution in [2.75, 3.05) is 13.1 Å². The number of carbonyl (C=O) groups excluding carboxylic acids is 1. The van der Waals surface area contributed by atoms with Crippen molar-refractivity contribution >= 4 is 5.91 Å². The first-order valence-corrected chi connectivity index (χ1v) is 10.7. The molecular formula is C24H30N4O3. The lowest BCUT2D eigenvalue weighted by atomic mass is 9.99. The fourth-order valence-corrected chi connectivity index (χ4v) is 4.05. The van der Waals surface area contributed by atoms with Crippen LogP contribution >= 0.6 is 0 Å². The lowest BCUT2D eigenvalue weighted by Gasteiger charge is -2.29. The van der Waals surface area contributed by atoms with Gasteiger partial charge in [0.15, 0.2) is 0 Å². The number of aromatic amines is 1. The van der Waals surface area contributed by atoms with E-state index in [4.69, 9.17) is 5.26 Å². The van der Waals surface area contributed by atoms with Gasteiger partial charge in [0, 0.05) is 38.3 Å². The Morgan fingerprint density at radius 1 is 1.23 bits per heavy atom. The van der Waals surface area contributed by atoms with E-state index < -0.39 is 0 Å². The summed E-state index contributed by atoms with van der Waals surface area (Å²) in [6.07, 6.45) is 2.27. The standard InChI is InChI=1S/C24H30N4O3/c1-16-21(17(2)27-24(31)22(16)13-25)7-8-23(30)26-14-18-3-5-19(6-4-18)15-28-11-9-20(29)10-12-28/h3-6,20,29H,7-12,14-15H2,1-2H3,(H,26,30)(H,27,31). The highest BCUT2D eigenvalue weighted by Crippen LogP contribution is 2.16. The molecule has 1 saturated heterocycles. The van der Waals surface area contributed by atoms with Crippen molar-refractivity contribution in [1.82, 2.24) is 15.2 Å². The van der Waals surface area contributed by atoms with Crippen molar-refractivity contribution < 1.29 is 9.90 Å². The van der Waals surface area contributed by atoms with Gasteiger partial charge in [0.2, 0.25) is 5.91 Å². The van der Waals surface area contributed by atoms with Gasteiger partial charge >= 0.3 is 0 Å². The van der Waals surface area contributed by atoms with Crippen LogP contribution in [0.5, 0.6) is 0 Å². The Morgan fingerprint density at radius 2 is 1.87 bits per heavy atom. The van der Waals surface area contributed by atoms with Gasteiger partial charge in [-0.2, -0.15) is 5.26 Å². The number of carbonyl (C=O) groups is 1. The van der Waals surface area contributed by atoms with E-state index >= 15 is 0 Å². The van der Waals surface area contributed by atoms with E-state index in [2.05, 4.69) is 27.3 Å². The van der Waals surface area contributed by atoms with Crippen LogP contribution in [0.1, 0.15) is 52.8 Å². The Labute approximate surface area is 182 Å². The molecule has 0 unspecified atom stereocenters. The lowest BCUT2D eigenvalue weighted by Crippen LogP contribution is -2.35. The predicted octanol–water partition coefficient (Wildman–Crippen LogP) is 2.07. The molecule has 0 bridgehead atoms. The number of nitriles is 1. The molecule has 2 aromatic rings. The van der Waals surface area contributed by atoms with Crippen molar-refractivity contribution in [2.45, 2.75) is 58.7 Å². The number of nitrogens with one attached hydrogen (secondary N) is 2. The fourth-order valence-electron chi connectivity index (χ4n) is 4.05. The average Bonchev–Trinajstić information content (AvgIpc) is 2.75. The molecule has 1 aliphatic rings. The number of pyridine rings is 1. The van der Waals surface area contributed by atoms with Crippen molar-refractivity contribution in [3.05, 3.63) is 68.1 Å². The number of likely N-dealkylation sites (tertiary alicyclic amines) is 1. The molecular weight excluding hydrogens is 392 g/mol. The summed E-state index contributed by atoms with van der Waals surface area (Å²) in [5, 5.41) is 21.7. The molecule has 0 aliphatic carbocycles. The van der Waals surface area contributed by atoms with Crippen molar-refractivity contribution in [3.63, 3.8) is 0 Å². The van der Waals surface area contributed by atoms with Gasteiger partial charge in [0.25, 0.3) is 5.56 Å². The molecule has 3 rings (SSSR count). The van der Waals surface area contributed by atoms with E-state index in [1.54, 1.807) is 13.8 Å². The number of nitrogens with zero attached hydrogens (tertiary/aromatic N) is 2. The van der Waals surface area contributed by atoms with E-state index in [0.29, 0.717) is 24.2 Å². The molecule has 1 aromatic carbocycles. The highest BCUT2D eigenvalue weighted by molar-refractivity contribution is 5.76. The molecule has 31 heavy (non-hydrogen) atoms. The zero-order valence-electron chi connectivity index (χ0n) is 18.2. The van der Waals surface area contributed by atoms with Crippen LogP contribution in [-0.2, 0) is 24.3 Å². The van der Waals surface area contributed by atoms with E-state index in [1.807, 2.05) is 18.2 Å². The third kappa shape index (κ3) is 6.03. The summed E-state index contributed by atoms with van der Waals surface area (Å²) < 4.78 is 0. The number of benzene rings is 1. The SMILES string of the molecule is Cc1[nH]c(=O)c(C#N)c(C)c1CCC(=O)NCc1ccc(CN2CCC(O)CC2)cc1. The summed E-state index contributed by atoms with van der Waals surface area (Å²) in [7, 11) is 0. The number of aromatic nitrogens is 1. The number of hydrogen-bond donors (Lipinski definition) is 3. The first-order chi connectivity index (χ1) is 14.9. The summed E-state index contributed by atoms with van der Waals surface area (Å²) in [5.41, 5.74) is 4.19. The smallest absolute Gasteiger partial charge is 0.266 e. The number of amides is 1. The van der Waals surface area contributed by atoms with Gasteiger partial charge in [-0.3, -0.25) is 14.5 Å². The Bertz CT molecular complexity index is 1010. The van der Waals surface area contributed by atoms with Crippen molar-refractivity contribution in [2.24, 2.45) is 0 Å². The maximum Gasteiger partial charge on any atom is 0.266 e. The Hall–Kier alpha value is -2.95. The van der Waals surface area contributed by atoms with Gasteiger partial charge in [-0.25, -0.2) is 0 Å². The molecule has 1 aliphatic heterocycles. The molecule has 0 radical (unpaired) electrons. The minimum Gasteiger partial charge on any atom is -0.393 e. The number of aliphatic hydroxyl groups excluding tert-OH is 1. The molecule has 1 amide bonds. The number of aryl methyl sites for hydroxylation is 1. The van der Waals surface area contributed by atoms with Crippen LogP contribution in [0.15, 0.2) is 29.1 Å². The van der Waals surface area contributed by atoms with E-state index in [0.717, 1.165) is 43.6 Å². The quantitative estimate of drug-likeness (QED) is 0.633. The van der Waals surface area contributed by atoms with Crippen LogP contribution in [0, 0.1) is 25.2 Å². The van der Waals surface area contributed by atoms with E-state index in [-0.39, 0.29) is 29.6 Å². The maximum atomic E-state index is 12.3. The van der Waals surface area contributed by atoms with Gasteiger partial charge in [-0.1, -0.05) is 24.3 Å². The van der Waals surface area contributed by atoms with Crippen LogP contribution in [0.4, 0.5) is 0 Å². The van der Waals surface area contributed by atoms with Gasteiger partial charge in [-0.05, 0) is 55.4 Å². The van der Waals surface area contributed by atoms with Crippen LogP contribution in [0.25, 0.3) is 0 Å². The molecule has 7 heteroatoms. The molecule has 7 nitrogen and oxygen atoms in total. The molecule has 0 atom stereocenters. The van der Waals surface area contributed by atoms with E-state index in [9.17, 15) is 14.7 Å². The number of aliphatic hydroxyl groups is 1. The minimum atomic E-state index is -0.382. The summed E-state index contributed by atoms with van der Waals surface area (Å²) in [6.45, 7) is 6.72. The molecule has 2 heterocycles. The second-order valence-electron chi connectivity index (χ2n) is 8.27. The highest BCUT2D eigenvalue weighted by Gasteiger charge is 2.17. The lowest BCUT2D eigenvalue weighted by molar-refractivity contribution is -0.121. The van der Waals surface area contributed by atoms with Crippen LogP contribution in [-0.4, -0.2) is 40.1 Å². The van der Waals surface area contributed by atoms with Crippen LogP contribution < -0.4 is 10.9 Å². The Kier molecular flexibility index (Phi) is 7.61. The summed E-state index contributed by atoms with van der Waals surface area (Å²) in [4.78, 5) is 29.2. The number of rotatable bonds is 7. The molecule has 1 fully saturated rings. The summed E-state index contributed by atoms with van der Waals surface area (Å²) >= 11 is 0. The molecule has 0 spiro atoms. The summed E-state index contributed by atoms with van der Waals surface area (Å²) in [5.74, 6) is -0.0699. The van der Waals surface area contributed by atoms with Gasteiger partial charge in [-0.15, -0.1) is 0 Å². The predicted molar refractivity (Wildman–Crippen MR) is 118 cm³/mol. The van der Waals surface area contributed by atoms with E-state index in [1.165, 1.54) is 5.56 Å². The van der Waals surface area contributed by atoms with Gasteiger partial charge in [0.05, 0.1) is 6.10 Å². The third-order valence-corrected chi connectivity index (χ3v) is 6.00. The van der Waals surface area contributed by atoms with Gasteiger partial charge in [0.1, 0.15) is 11.6 Å². The van der Waals surface area contributed by atoms with Crippen LogP contribution in [0.3, 0.4) is 0 Å². The molecule has 1 aromatic heterocycles. The fraction of sp³-hybridized carbons (Fsp3) is 0.458. The molecule has 3 N–H and O–H groups in total. The Morgan fingerprint density at radius 3 is 2.52 bits per heavy atom. The number of hydrogen-bond acceptors (Lipinski definition) is 5. The van der Waals surface area contributed by atoms with Crippen molar-refractivity contribution in [1.29, 1.82) is 5.26 Å². The third-order valence-electron chi connectivity index (χ3n) is 6.00. The van der Waals surface area contributed by atoms with Crippen LogP contribution in [0.2, 0.25) is 0 Å². The normalized spacial score (nSPS) is 14.9. The zero-order valence-corrected chi connectivity index (χ0v) is 18.2. The zero-order chi connectivity index (χ0) is 22.4. The molecule has 164 valence electrons.